The van der Waals surface area contributed by atoms with E-state index in [1.807, 2.05) is 50.2 Å². The number of amides is 1. The summed E-state index contributed by atoms with van der Waals surface area (Å²) in [6.45, 7) is 3.85. The molecule has 160 valence electrons. The molecular weight excluding hydrogens is 408 g/mol. The predicted molar refractivity (Wildman–Crippen MR) is 127 cm³/mol. The van der Waals surface area contributed by atoms with Gasteiger partial charge in [-0.2, -0.15) is 15.0 Å². The van der Waals surface area contributed by atoms with Crippen molar-refractivity contribution in [2.75, 3.05) is 16.4 Å². The maximum absolute atomic E-state index is 12.7. The van der Waals surface area contributed by atoms with Gasteiger partial charge in [0, 0.05) is 11.4 Å². The molecule has 0 aliphatic heterocycles. The quantitative estimate of drug-likeness (QED) is 0.502. The van der Waals surface area contributed by atoms with E-state index in [0.29, 0.717) is 11.8 Å². The van der Waals surface area contributed by atoms with E-state index in [2.05, 4.69) is 37.7 Å². The topological polar surface area (TPSA) is 106 Å². The first-order chi connectivity index (χ1) is 15.0. The van der Waals surface area contributed by atoms with Crippen LogP contribution in [0.15, 0.2) is 48.5 Å². The third-order valence-corrected chi connectivity index (χ3v) is 6.45. The Hall–Kier alpha value is -3.13. The molecular formula is C23H26N6OS. The van der Waals surface area contributed by atoms with Crippen molar-refractivity contribution in [2.45, 2.75) is 43.6 Å². The summed E-state index contributed by atoms with van der Waals surface area (Å²) in [6, 6.07) is 15.8. The number of nitrogens with two attached hydrogens (primary N) is 1. The Bertz CT molecular complexity index is 1070. The van der Waals surface area contributed by atoms with Crippen LogP contribution in [-0.2, 0) is 17.6 Å². The lowest BCUT2D eigenvalue weighted by Gasteiger charge is -2.17. The molecule has 0 spiro atoms. The van der Waals surface area contributed by atoms with Crippen molar-refractivity contribution >= 4 is 40.9 Å². The number of aryl methyl sites for hydroxylation is 2. The van der Waals surface area contributed by atoms with E-state index < -0.39 is 0 Å². The average Bonchev–Trinajstić information content (AvgIpc) is 3.22. The van der Waals surface area contributed by atoms with Crippen LogP contribution in [0.4, 0.5) is 23.3 Å². The van der Waals surface area contributed by atoms with Gasteiger partial charge in [0.05, 0.1) is 10.5 Å². The van der Waals surface area contributed by atoms with Crippen LogP contribution in [0.25, 0.3) is 0 Å². The molecule has 2 aromatic carbocycles. The highest BCUT2D eigenvalue weighted by Crippen LogP contribution is 2.31. The first-order valence-corrected chi connectivity index (χ1v) is 11.3. The van der Waals surface area contributed by atoms with Gasteiger partial charge in [-0.15, -0.1) is 11.8 Å². The van der Waals surface area contributed by atoms with Crippen LogP contribution >= 0.6 is 11.8 Å². The number of hydrogen-bond donors (Lipinski definition) is 3. The molecule has 31 heavy (non-hydrogen) atoms. The van der Waals surface area contributed by atoms with E-state index in [4.69, 9.17) is 5.73 Å². The predicted octanol–water partition coefficient (Wildman–Crippen LogP) is 4.51. The molecule has 4 rings (SSSR count). The summed E-state index contributed by atoms with van der Waals surface area (Å²) in [4.78, 5) is 25.7. The molecule has 0 radical (unpaired) electrons. The van der Waals surface area contributed by atoms with Gasteiger partial charge in [-0.05, 0) is 68.5 Å². The first-order valence-electron chi connectivity index (χ1n) is 10.4. The Labute approximate surface area is 186 Å². The highest BCUT2D eigenvalue weighted by molar-refractivity contribution is 8.00. The molecule has 4 N–H and O–H groups in total. The molecule has 0 bridgehead atoms. The minimum atomic E-state index is -0.285. The molecule has 0 fully saturated rings. The number of para-hydroxylation sites is 1. The van der Waals surface area contributed by atoms with Gasteiger partial charge in [-0.1, -0.05) is 24.3 Å². The van der Waals surface area contributed by atoms with Crippen molar-refractivity contribution in [1.82, 2.24) is 15.0 Å². The van der Waals surface area contributed by atoms with Crippen LogP contribution in [0, 0.1) is 0 Å². The van der Waals surface area contributed by atoms with Gasteiger partial charge in [0.15, 0.2) is 0 Å². The van der Waals surface area contributed by atoms with Crippen molar-refractivity contribution in [3.8, 4) is 0 Å². The second-order valence-corrected chi connectivity index (χ2v) is 9.30. The van der Waals surface area contributed by atoms with Gasteiger partial charge in [-0.3, -0.25) is 4.79 Å². The van der Waals surface area contributed by atoms with E-state index in [-0.39, 0.29) is 22.4 Å². The Kier molecular flexibility index (Phi) is 6.36. The Morgan fingerprint density at radius 2 is 1.77 bits per heavy atom. The fraction of sp³-hybridized carbons (Fsp3) is 0.304. The molecule has 0 saturated carbocycles. The van der Waals surface area contributed by atoms with Crippen molar-refractivity contribution in [1.29, 1.82) is 0 Å². The zero-order valence-corrected chi connectivity index (χ0v) is 18.4. The first kappa shape index (κ1) is 21.1. The van der Waals surface area contributed by atoms with Crippen LogP contribution in [-0.4, -0.2) is 26.1 Å². The smallest absolute Gasteiger partial charge is 0.237 e. The minimum absolute atomic E-state index is 0.0422. The molecule has 2 atom stereocenters. The zero-order chi connectivity index (χ0) is 21.8. The highest BCUT2D eigenvalue weighted by Gasteiger charge is 2.21. The van der Waals surface area contributed by atoms with Crippen molar-refractivity contribution < 1.29 is 4.79 Å². The number of hydrogen-bond acceptors (Lipinski definition) is 7. The van der Waals surface area contributed by atoms with E-state index >= 15 is 0 Å². The molecule has 1 amide bonds. The molecule has 1 aliphatic carbocycles. The van der Waals surface area contributed by atoms with Crippen LogP contribution in [0.1, 0.15) is 42.5 Å². The van der Waals surface area contributed by atoms with Crippen LogP contribution < -0.4 is 16.4 Å². The van der Waals surface area contributed by atoms with Crippen molar-refractivity contribution in [3.63, 3.8) is 0 Å². The Balaban J connectivity index is 1.40. The number of thioether (sulfide) groups is 1. The number of fused-ring (bicyclic) bond motifs is 1. The summed E-state index contributed by atoms with van der Waals surface area (Å²) in [5, 5.41) is 5.75. The van der Waals surface area contributed by atoms with Gasteiger partial charge in [0.2, 0.25) is 17.8 Å². The zero-order valence-electron chi connectivity index (χ0n) is 17.6. The monoisotopic (exact) mass is 434 g/mol. The van der Waals surface area contributed by atoms with E-state index in [0.717, 1.165) is 24.2 Å². The number of carbonyl (C=O) groups is 1. The molecule has 0 unspecified atom stereocenters. The summed E-state index contributed by atoms with van der Waals surface area (Å²) in [7, 11) is 0. The summed E-state index contributed by atoms with van der Waals surface area (Å²) >= 11 is 1.48. The number of aromatic nitrogens is 3. The third-order valence-electron chi connectivity index (χ3n) is 5.21. The fourth-order valence-corrected chi connectivity index (χ4v) is 4.64. The normalized spacial score (nSPS) is 14.5. The highest BCUT2D eigenvalue weighted by atomic mass is 32.2. The van der Waals surface area contributed by atoms with E-state index in [1.54, 1.807) is 0 Å². The molecule has 1 aromatic heterocycles. The number of nitrogens with one attached hydrogen (secondary N) is 2. The lowest BCUT2D eigenvalue weighted by Crippen LogP contribution is -2.23. The van der Waals surface area contributed by atoms with Gasteiger partial charge >= 0.3 is 0 Å². The second kappa shape index (κ2) is 9.34. The number of nitrogen functional groups attached to an aromatic ring is 1. The SMILES string of the molecule is C[C@H](S[C@H](C)C(=O)Nc1ccc2c(c1)CCC2)c1nc(N)nc(Nc2ccccc2)n1. The van der Waals surface area contributed by atoms with Gasteiger partial charge in [0.25, 0.3) is 0 Å². The van der Waals surface area contributed by atoms with Gasteiger partial charge in [-0.25, -0.2) is 0 Å². The summed E-state index contributed by atoms with van der Waals surface area (Å²) in [5.41, 5.74) is 10.3. The number of carbonyl (C=O) groups excluding carboxylic acids is 1. The van der Waals surface area contributed by atoms with E-state index in [9.17, 15) is 4.79 Å². The minimum Gasteiger partial charge on any atom is -0.368 e. The maximum atomic E-state index is 12.7. The summed E-state index contributed by atoms with van der Waals surface area (Å²) in [6.07, 6.45) is 3.40. The van der Waals surface area contributed by atoms with Gasteiger partial charge < -0.3 is 16.4 Å². The Morgan fingerprint density at radius 1 is 1.00 bits per heavy atom. The number of anilines is 4. The molecule has 3 aromatic rings. The average molecular weight is 435 g/mol. The van der Waals surface area contributed by atoms with Crippen molar-refractivity contribution in [3.05, 3.63) is 65.5 Å². The number of nitrogens with zero attached hydrogens (tertiary/aromatic N) is 3. The largest absolute Gasteiger partial charge is 0.368 e. The van der Waals surface area contributed by atoms with Crippen LogP contribution in [0.2, 0.25) is 0 Å². The maximum Gasteiger partial charge on any atom is 0.237 e. The summed E-state index contributed by atoms with van der Waals surface area (Å²) < 4.78 is 0. The summed E-state index contributed by atoms with van der Waals surface area (Å²) in [5.74, 6) is 1.02. The molecule has 0 saturated heterocycles. The number of rotatable bonds is 7. The van der Waals surface area contributed by atoms with Gasteiger partial charge in [0.1, 0.15) is 5.82 Å². The number of benzene rings is 2. The molecule has 7 nitrogen and oxygen atoms in total. The van der Waals surface area contributed by atoms with Crippen LogP contribution in [0.5, 0.6) is 0 Å². The Morgan fingerprint density at radius 3 is 2.58 bits per heavy atom. The molecule has 1 aliphatic rings. The lowest BCUT2D eigenvalue weighted by atomic mass is 10.1. The van der Waals surface area contributed by atoms with Crippen molar-refractivity contribution in [2.24, 2.45) is 0 Å². The van der Waals surface area contributed by atoms with E-state index in [1.165, 1.54) is 29.3 Å². The third kappa shape index (κ3) is 5.32. The molecule has 1 heterocycles. The standard InChI is InChI=1S/C23H26N6OS/c1-14(20-27-22(24)29-23(28-20)26-18-9-4-3-5-10-18)31-15(2)21(30)25-19-12-11-16-7-6-8-17(16)13-19/h3-5,9-15H,6-8H2,1-2H3,(H,25,30)(H3,24,26,27,28,29)/t14-,15+/m0/s1. The lowest BCUT2D eigenvalue weighted by molar-refractivity contribution is -0.115. The molecule has 8 heteroatoms. The fourth-order valence-electron chi connectivity index (χ4n) is 3.62. The van der Waals surface area contributed by atoms with Crippen LogP contribution in [0.3, 0.4) is 0 Å². The second-order valence-electron chi connectivity index (χ2n) is 7.61.